The van der Waals surface area contributed by atoms with Gasteiger partial charge in [-0.05, 0) is 74.6 Å². The Labute approximate surface area is 166 Å². The van der Waals surface area contributed by atoms with Crippen molar-refractivity contribution < 1.29 is 0 Å². The van der Waals surface area contributed by atoms with E-state index in [0.717, 1.165) is 41.7 Å². The molecule has 1 fully saturated rings. The highest BCUT2D eigenvalue weighted by atomic mass is 32.1. The van der Waals surface area contributed by atoms with Gasteiger partial charge in [0.2, 0.25) is 0 Å². The van der Waals surface area contributed by atoms with Crippen LogP contribution >= 0.6 is 12.2 Å². The Morgan fingerprint density at radius 3 is 2.89 bits per heavy atom. The van der Waals surface area contributed by atoms with Crippen LogP contribution in [0, 0.1) is 13.8 Å². The standard InChI is InChI=1S/C21H30N4OS/c1-5-24-10-6-7-18(24)13-25(21(27)22-4)12-17-11-16-9-8-14(2)15(3)19(16)23-20(17)26/h8-9,11,18H,5-7,10,12-13H2,1-4H3,(H,22,27)(H,23,26)/t18-/m1/s1. The van der Waals surface area contributed by atoms with E-state index in [1.54, 1.807) is 0 Å². The van der Waals surface area contributed by atoms with Crippen LogP contribution in [0.4, 0.5) is 0 Å². The van der Waals surface area contributed by atoms with Gasteiger partial charge in [-0.1, -0.05) is 19.1 Å². The number of aromatic amines is 1. The molecule has 1 aromatic heterocycles. The number of fused-ring (bicyclic) bond motifs is 1. The number of likely N-dealkylation sites (N-methyl/N-ethyl adjacent to an activating group) is 1. The molecule has 1 saturated heterocycles. The number of H-pyrrole nitrogens is 1. The van der Waals surface area contributed by atoms with E-state index >= 15 is 0 Å². The molecule has 0 spiro atoms. The van der Waals surface area contributed by atoms with E-state index in [1.165, 1.54) is 18.4 Å². The average Bonchev–Trinajstić information content (AvgIpc) is 3.12. The predicted octanol–water partition coefficient (Wildman–Crippen LogP) is 2.94. The minimum absolute atomic E-state index is 0.0288. The summed E-state index contributed by atoms with van der Waals surface area (Å²) in [6, 6.07) is 6.69. The highest BCUT2D eigenvalue weighted by Crippen LogP contribution is 2.21. The van der Waals surface area contributed by atoms with Crippen molar-refractivity contribution in [3.63, 3.8) is 0 Å². The number of nitrogens with one attached hydrogen (secondary N) is 2. The Balaban J connectivity index is 1.89. The van der Waals surface area contributed by atoms with E-state index in [1.807, 2.05) is 13.1 Å². The molecule has 6 heteroatoms. The van der Waals surface area contributed by atoms with Crippen LogP contribution in [-0.4, -0.2) is 52.6 Å². The normalized spacial score (nSPS) is 17.4. The summed E-state index contributed by atoms with van der Waals surface area (Å²) in [6.45, 7) is 9.89. The summed E-state index contributed by atoms with van der Waals surface area (Å²) in [5.41, 5.74) is 3.97. The third-order valence-electron chi connectivity index (χ3n) is 5.83. The maximum absolute atomic E-state index is 12.7. The third kappa shape index (κ3) is 4.17. The van der Waals surface area contributed by atoms with Gasteiger partial charge in [0.1, 0.15) is 0 Å². The molecule has 1 aromatic carbocycles. The van der Waals surface area contributed by atoms with Gasteiger partial charge in [-0.3, -0.25) is 9.69 Å². The lowest BCUT2D eigenvalue weighted by Gasteiger charge is -2.31. The van der Waals surface area contributed by atoms with E-state index in [0.29, 0.717) is 17.7 Å². The minimum atomic E-state index is -0.0288. The minimum Gasteiger partial charge on any atom is -0.366 e. The lowest BCUT2D eigenvalue weighted by molar-refractivity contribution is 0.219. The van der Waals surface area contributed by atoms with Crippen molar-refractivity contribution in [1.82, 2.24) is 20.1 Å². The van der Waals surface area contributed by atoms with Crippen LogP contribution in [0.1, 0.15) is 36.5 Å². The number of aromatic nitrogens is 1. The predicted molar refractivity (Wildman–Crippen MR) is 116 cm³/mol. The zero-order chi connectivity index (χ0) is 19.6. The van der Waals surface area contributed by atoms with Gasteiger partial charge in [-0.2, -0.15) is 0 Å². The lowest BCUT2D eigenvalue weighted by atomic mass is 10.0. The van der Waals surface area contributed by atoms with Crippen molar-refractivity contribution in [2.24, 2.45) is 0 Å². The first-order valence-electron chi connectivity index (χ1n) is 9.77. The van der Waals surface area contributed by atoms with Crippen LogP contribution in [0.15, 0.2) is 23.0 Å². The number of nitrogens with zero attached hydrogens (tertiary/aromatic N) is 2. The van der Waals surface area contributed by atoms with Crippen molar-refractivity contribution in [3.8, 4) is 0 Å². The quantitative estimate of drug-likeness (QED) is 0.774. The summed E-state index contributed by atoms with van der Waals surface area (Å²) >= 11 is 5.55. The molecule has 0 bridgehead atoms. The molecule has 2 heterocycles. The van der Waals surface area contributed by atoms with Crippen LogP contribution in [0.3, 0.4) is 0 Å². The summed E-state index contributed by atoms with van der Waals surface area (Å²) in [6.07, 6.45) is 2.41. The fourth-order valence-corrected chi connectivity index (χ4v) is 4.18. The SMILES string of the molecule is CCN1CCC[C@@H]1CN(Cc1cc2ccc(C)c(C)c2[nH]c1=O)C(=S)NC. The molecule has 0 saturated carbocycles. The maximum Gasteiger partial charge on any atom is 0.253 e. The molecule has 27 heavy (non-hydrogen) atoms. The zero-order valence-electron chi connectivity index (χ0n) is 16.8. The molecular formula is C21H30N4OS. The average molecular weight is 387 g/mol. The molecule has 5 nitrogen and oxygen atoms in total. The summed E-state index contributed by atoms with van der Waals surface area (Å²) in [7, 11) is 1.85. The van der Waals surface area contributed by atoms with Crippen molar-refractivity contribution in [3.05, 3.63) is 45.2 Å². The van der Waals surface area contributed by atoms with E-state index in [-0.39, 0.29) is 5.56 Å². The molecule has 3 rings (SSSR count). The summed E-state index contributed by atoms with van der Waals surface area (Å²) in [4.78, 5) is 20.5. The molecule has 0 radical (unpaired) electrons. The second-order valence-corrected chi connectivity index (χ2v) is 7.84. The van der Waals surface area contributed by atoms with Gasteiger partial charge >= 0.3 is 0 Å². The van der Waals surface area contributed by atoms with Crippen LogP contribution in [0.25, 0.3) is 10.9 Å². The van der Waals surface area contributed by atoms with Crippen molar-refractivity contribution in [2.75, 3.05) is 26.7 Å². The van der Waals surface area contributed by atoms with Crippen molar-refractivity contribution in [2.45, 2.75) is 46.2 Å². The highest BCUT2D eigenvalue weighted by Gasteiger charge is 2.26. The lowest BCUT2D eigenvalue weighted by Crippen LogP contribution is -2.46. The number of rotatable bonds is 5. The van der Waals surface area contributed by atoms with E-state index in [2.05, 4.69) is 53.0 Å². The van der Waals surface area contributed by atoms with Gasteiger partial charge in [-0.15, -0.1) is 0 Å². The Hall–Kier alpha value is -1.92. The topological polar surface area (TPSA) is 51.4 Å². The smallest absolute Gasteiger partial charge is 0.253 e. The van der Waals surface area contributed by atoms with Crippen LogP contribution in [-0.2, 0) is 6.54 Å². The Morgan fingerprint density at radius 2 is 2.19 bits per heavy atom. The number of hydrogen-bond acceptors (Lipinski definition) is 3. The number of thiocarbonyl (C=S) groups is 1. The summed E-state index contributed by atoms with van der Waals surface area (Å²) in [5, 5.41) is 4.85. The van der Waals surface area contributed by atoms with Gasteiger partial charge < -0.3 is 15.2 Å². The van der Waals surface area contributed by atoms with Gasteiger partial charge in [0.15, 0.2) is 5.11 Å². The van der Waals surface area contributed by atoms with Gasteiger partial charge in [0.25, 0.3) is 5.56 Å². The zero-order valence-corrected chi connectivity index (χ0v) is 17.6. The maximum atomic E-state index is 12.7. The highest BCUT2D eigenvalue weighted by molar-refractivity contribution is 7.80. The molecular weight excluding hydrogens is 356 g/mol. The van der Waals surface area contributed by atoms with Crippen LogP contribution in [0.2, 0.25) is 0 Å². The molecule has 0 amide bonds. The molecule has 2 aromatic rings. The van der Waals surface area contributed by atoms with Gasteiger partial charge in [-0.25, -0.2) is 0 Å². The van der Waals surface area contributed by atoms with Crippen LogP contribution in [0.5, 0.6) is 0 Å². The molecule has 2 N–H and O–H groups in total. The number of benzene rings is 1. The first-order chi connectivity index (χ1) is 12.9. The van der Waals surface area contributed by atoms with E-state index < -0.39 is 0 Å². The van der Waals surface area contributed by atoms with Crippen molar-refractivity contribution >= 4 is 28.2 Å². The Bertz CT molecular complexity index is 892. The molecule has 1 aliphatic rings. The van der Waals surface area contributed by atoms with E-state index in [9.17, 15) is 4.79 Å². The largest absolute Gasteiger partial charge is 0.366 e. The van der Waals surface area contributed by atoms with E-state index in [4.69, 9.17) is 12.2 Å². The monoisotopic (exact) mass is 386 g/mol. The van der Waals surface area contributed by atoms with Gasteiger partial charge in [0, 0.05) is 25.2 Å². The molecule has 0 unspecified atom stereocenters. The summed E-state index contributed by atoms with van der Waals surface area (Å²) in [5.74, 6) is 0. The second-order valence-electron chi connectivity index (χ2n) is 7.46. The number of likely N-dealkylation sites (tertiary alicyclic amines) is 1. The first kappa shape index (κ1) is 19.8. The fraction of sp³-hybridized carbons (Fsp3) is 0.524. The number of pyridine rings is 1. The third-order valence-corrected chi connectivity index (χ3v) is 6.29. The summed E-state index contributed by atoms with van der Waals surface area (Å²) < 4.78 is 0. The molecule has 0 aliphatic carbocycles. The Morgan fingerprint density at radius 1 is 1.41 bits per heavy atom. The van der Waals surface area contributed by atoms with Crippen molar-refractivity contribution in [1.29, 1.82) is 0 Å². The Kier molecular flexibility index (Phi) is 6.17. The van der Waals surface area contributed by atoms with Crippen LogP contribution < -0.4 is 10.9 Å². The first-order valence-corrected chi connectivity index (χ1v) is 10.2. The molecule has 1 aliphatic heterocycles. The molecule has 1 atom stereocenters. The number of hydrogen-bond donors (Lipinski definition) is 2. The van der Waals surface area contributed by atoms with Gasteiger partial charge in [0.05, 0.1) is 12.1 Å². The number of aryl methyl sites for hydroxylation is 2. The fourth-order valence-electron chi connectivity index (χ4n) is 4.04. The second kappa shape index (κ2) is 8.40. The molecule has 146 valence electrons.